The molecule has 0 saturated carbocycles. The van der Waals surface area contributed by atoms with Gasteiger partial charge in [-0.05, 0) is 28.7 Å². The summed E-state index contributed by atoms with van der Waals surface area (Å²) in [5, 5.41) is 10.9. The van der Waals surface area contributed by atoms with Crippen LogP contribution in [0.1, 0.15) is 0 Å². The molecule has 2 rings (SSSR count). The first-order valence-electron chi connectivity index (χ1n) is 5.92. The Labute approximate surface area is 130 Å². The van der Waals surface area contributed by atoms with Gasteiger partial charge in [-0.1, -0.05) is 0 Å². The third-order valence-electron chi connectivity index (χ3n) is 3.15. The molecule has 20 heavy (non-hydrogen) atoms. The molecule has 1 aromatic rings. The molecule has 0 N–H and O–H groups in total. The van der Waals surface area contributed by atoms with Crippen molar-refractivity contribution in [3.05, 3.63) is 31.9 Å². The van der Waals surface area contributed by atoms with Crippen LogP contribution in [0, 0.1) is 13.7 Å². The Kier molecular flexibility index (Phi) is 4.49. The Hall–Kier alpha value is -0.940. The monoisotopic (exact) mass is 411 g/mol. The van der Waals surface area contributed by atoms with Crippen LogP contribution < -0.4 is 4.90 Å². The molecule has 1 fully saturated rings. The third-order valence-corrected chi connectivity index (χ3v) is 5.08. The van der Waals surface area contributed by atoms with Gasteiger partial charge in [-0.2, -0.15) is 4.31 Å². The summed E-state index contributed by atoms with van der Waals surface area (Å²) in [5.74, 6) is 0. The molecule has 0 radical (unpaired) electrons. The first-order chi connectivity index (χ1) is 9.27. The van der Waals surface area contributed by atoms with Gasteiger partial charge in [-0.15, -0.1) is 0 Å². The molecule has 7 nitrogen and oxygen atoms in total. The fraction of sp³-hybridized carbons (Fsp3) is 0.455. The minimum atomic E-state index is -3.16. The van der Waals surface area contributed by atoms with Crippen molar-refractivity contribution >= 4 is 44.0 Å². The summed E-state index contributed by atoms with van der Waals surface area (Å²) < 4.78 is 25.1. The van der Waals surface area contributed by atoms with Gasteiger partial charge in [0, 0.05) is 47.6 Å². The van der Waals surface area contributed by atoms with Crippen LogP contribution in [0.3, 0.4) is 0 Å². The molecule has 1 aliphatic rings. The summed E-state index contributed by atoms with van der Waals surface area (Å²) in [6, 6.07) is 4.90. The molecule has 110 valence electrons. The lowest BCUT2D eigenvalue weighted by Crippen LogP contribution is -2.48. The molecule has 1 saturated heterocycles. The van der Waals surface area contributed by atoms with Crippen molar-refractivity contribution in [1.82, 2.24) is 4.31 Å². The van der Waals surface area contributed by atoms with Crippen molar-refractivity contribution in [3.8, 4) is 0 Å². The van der Waals surface area contributed by atoms with E-state index in [0.29, 0.717) is 26.2 Å². The van der Waals surface area contributed by atoms with E-state index in [9.17, 15) is 18.5 Å². The average Bonchev–Trinajstić information content (AvgIpc) is 2.37. The second-order valence-corrected chi connectivity index (χ2v) is 7.80. The number of anilines is 1. The van der Waals surface area contributed by atoms with E-state index < -0.39 is 14.9 Å². The number of halogens is 1. The minimum Gasteiger partial charge on any atom is -0.369 e. The summed E-state index contributed by atoms with van der Waals surface area (Å²) in [6.07, 6.45) is 1.19. The van der Waals surface area contributed by atoms with Crippen LogP contribution in [0.15, 0.2) is 18.2 Å². The largest absolute Gasteiger partial charge is 0.369 e. The van der Waals surface area contributed by atoms with Crippen molar-refractivity contribution in [1.29, 1.82) is 0 Å². The summed E-state index contributed by atoms with van der Waals surface area (Å²) in [6.45, 7) is 1.87. The van der Waals surface area contributed by atoms with E-state index >= 15 is 0 Å². The van der Waals surface area contributed by atoms with E-state index in [1.165, 1.54) is 22.7 Å². The highest BCUT2D eigenvalue weighted by Crippen LogP contribution is 2.26. The van der Waals surface area contributed by atoms with Gasteiger partial charge in [0.1, 0.15) is 0 Å². The molecule has 0 spiro atoms. The molecule has 0 atom stereocenters. The van der Waals surface area contributed by atoms with Gasteiger partial charge < -0.3 is 4.90 Å². The number of nitro benzene ring substituents is 1. The van der Waals surface area contributed by atoms with Crippen LogP contribution in [0.4, 0.5) is 11.4 Å². The van der Waals surface area contributed by atoms with E-state index in [1.807, 2.05) is 33.6 Å². The number of rotatable bonds is 3. The quantitative estimate of drug-likeness (QED) is 0.425. The Balaban J connectivity index is 2.17. The molecular formula is C11H14IN3O4S. The predicted octanol–water partition coefficient (Wildman–Crippen LogP) is 1.28. The number of piperazine rings is 1. The summed E-state index contributed by atoms with van der Waals surface area (Å²) >= 11 is 2.04. The smallest absolute Gasteiger partial charge is 0.272 e. The molecular weight excluding hydrogens is 397 g/mol. The molecule has 1 heterocycles. The van der Waals surface area contributed by atoms with E-state index in [4.69, 9.17) is 0 Å². The SMILES string of the molecule is CS(=O)(=O)N1CCN(c2cc(I)cc([N+](=O)[O-])c2)CC1. The third kappa shape index (κ3) is 3.58. The van der Waals surface area contributed by atoms with Crippen LogP contribution in [0.2, 0.25) is 0 Å². The Morgan fingerprint density at radius 2 is 1.80 bits per heavy atom. The maximum atomic E-state index is 11.4. The molecule has 0 bridgehead atoms. The highest BCUT2D eigenvalue weighted by atomic mass is 127. The molecule has 1 aromatic carbocycles. The zero-order valence-corrected chi connectivity index (χ0v) is 13.8. The molecule has 0 unspecified atom stereocenters. The topological polar surface area (TPSA) is 83.8 Å². The Morgan fingerprint density at radius 1 is 1.20 bits per heavy atom. The van der Waals surface area contributed by atoms with Crippen LogP contribution in [0.5, 0.6) is 0 Å². The Bertz CT molecular complexity index is 627. The highest BCUT2D eigenvalue weighted by molar-refractivity contribution is 14.1. The van der Waals surface area contributed by atoms with Gasteiger partial charge in [0.25, 0.3) is 5.69 Å². The van der Waals surface area contributed by atoms with Crippen molar-refractivity contribution in [2.24, 2.45) is 0 Å². The standard InChI is InChI=1S/C11H14IN3O4S/c1-20(18,19)14-4-2-13(3-5-14)10-6-9(12)7-11(8-10)15(16)17/h6-8H,2-5H2,1H3. The van der Waals surface area contributed by atoms with Crippen molar-refractivity contribution in [2.45, 2.75) is 0 Å². The summed E-state index contributed by atoms with van der Waals surface area (Å²) in [4.78, 5) is 12.4. The number of sulfonamides is 1. The lowest BCUT2D eigenvalue weighted by Gasteiger charge is -2.34. The van der Waals surface area contributed by atoms with Crippen LogP contribution in [-0.2, 0) is 10.0 Å². The van der Waals surface area contributed by atoms with Gasteiger partial charge >= 0.3 is 0 Å². The normalized spacial score (nSPS) is 17.2. The van der Waals surface area contributed by atoms with Gasteiger partial charge in [-0.25, -0.2) is 8.42 Å². The first kappa shape index (κ1) is 15.4. The van der Waals surface area contributed by atoms with Crippen LogP contribution in [0.25, 0.3) is 0 Å². The van der Waals surface area contributed by atoms with Gasteiger partial charge in [0.05, 0.1) is 11.2 Å². The number of nitro groups is 1. The van der Waals surface area contributed by atoms with Crippen LogP contribution in [-0.4, -0.2) is 50.1 Å². The van der Waals surface area contributed by atoms with E-state index in [0.717, 1.165) is 9.26 Å². The highest BCUT2D eigenvalue weighted by Gasteiger charge is 2.24. The molecule has 0 amide bonds. The second kappa shape index (κ2) is 5.82. The molecule has 1 aliphatic heterocycles. The number of hydrogen-bond acceptors (Lipinski definition) is 5. The fourth-order valence-electron chi connectivity index (χ4n) is 2.12. The lowest BCUT2D eigenvalue weighted by atomic mass is 10.2. The average molecular weight is 411 g/mol. The maximum absolute atomic E-state index is 11.4. The van der Waals surface area contributed by atoms with Crippen molar-refractivity contribution in [3.63, 3.8) is 0 Å². The molecule has 0 aliphatic carbocycles. The summed E-state index contributed by atoms with van der Waals surface area (Å²) in [5.41, 5.74) is 0.814. The van der Waals surface area contributed by atoms with E-state index in [2.05, 4.69) is 0 Å². The fourth-order valence-corrected chi connectivity index (χ4v) is 3.59. The first-order valence-corrected chi connectivity index (χ1v) is 8.85. The number of nitrogens with zero attached hydrogens (tertiary/aromatic N) is 3. The number of non-ortho nitro benzene ring substituents is 1. The number of benzene rings is 1. The lowest BCUT2D eigenvalue weighted by molar-refractivity contribution is -0.384. The van der Waals surface area contributed by atoms with Crippen molar-refractivity contribution < 1.29 is 13.3 Å². The molecule has 0 aromatic heterocycles. The van der Waals surface area contributed by atoms with Crippen molar-refractivity contribution in [2.75, 3.05) is 37.3 Å². The Morgan fingerprint density at radius 3 is 2.30 bits per heavy atom. The van der Waals surface area contributed by atoms with E-state index in [1.54, 1.807) is 0 Å². The maximum Gasteiger partial charge on any atom is 0.272 e. The van der Waals surface area contributed by atoms with Gasteiger partial charge in [0.2, 0.25) is 10.0 Å². The molecule has 9 heteroatoms. The minimum absolute atomic E-state index is 0.0532. The number of hydrogen-bond donors (Lipinski definition) is 0. The zero-order chi connectivity index (χ0) is 14.9. The van der Waals surface area contributed by atoms with E-state index in [-0.39, 0.29) is 5.69 Å². The van der Waals surface area contributed by atoms with Gasteiger partial charge in [0.15, 0.2) is 0 Å². The second-order valence-electron chi connectivity index (χ2n) is 4.57. The zero-order valence-electron chi connectivity index (χ0n) is 10.8. The van der Waals surface area contributed by atoms with Gasteiger partial charge in [-0.3, -0.25) is 10.1 Å². The van der Waals surface area contributed by atoms with Crippen LogP contribution >= 0.6 is 22.6 Å². The summed E-state index contributed by atoms with van der Waals surface area (Å²) in [7, 11) is -3.16. The predicted molar refractivity (Wildman–Crippen MR) is 84.4 cm³/mol.